The first-order valence-electron chi connectivity index (χ1n) is 7.76. The number of amides is 1. The monoisotopic (exact) mass is 349 g/mol. The summed E-state index contributed by atoms with van der Waals surface area (Å²) in [6, 6.07) is 8.62. The lowest BCUT2D eigenvalue weighted by molar-refractivity contribution is -0.121. The number of hydrogen-bond acceptors (Lipinski definition) is 4. The maximum absolute atomic E-state index is 12.3. The predicted octanol–water partition coefficient (Wildman–Crippen LogP) is 1.56. The smallest absolute Gasteiger partial charge is 0.220 e. The molecule has 6 nitrogen and oxygen atoms in total. The third-order valence-corrected chi connectivity index (χ3v) is 4.68. The van der Waals surface area contributed by atoms with Crippen LogP contribution in [0.3, 0.4) is 0 Å². The van der Waals surface area contributed by atoms with Gasteiger partial charge < -0.3 is 5.32 Å². The fourth-order valence-corrected chi connectivity index (χ4v) is 3.50. The van der Waals surface area contributed by atoms with E-state index in [0.717, 1.165) is 16.8 Å². The summed E-state index contributed by atoms with van der Waals surface area (Å²) in [7, 11) is -1.37. The Morgan fingerprint density at radius 1 is 1.29 bits per heavy atom. The molecule has 0 saturated carbocycles. The van der Waals surface area contributed by atoms with Gasteiger partial charge in [0, 0.05) is 25.9 Å². The fraction of sp³-hybridized carbons (Fsp3) is 0.412. The number of aryl methyl sites for hydroxylation is 3. The molecule has 0 saturated heterocycles. The summed E-state index contributed by atoms with van der Waals surface area (Å²) in [5.74, 6) is -0.287. The molecule has 1 atom stereocenters. The molecule has 7 heteroatoms. The van der Waals surface area contributed by atoms with E-state index in [0.29, 0.717) is 12.8 Å². The minimum absolute atomic E-state index is 0.116. The average molecular weight is 349 g/mol. The highest BCUT2D eigenvalue weighted by Gasteiger charge is 2.19. The van der Waals surface area contributed by atoms with Gasteiger partial charge in [0.1, 0.15) is 9.84 Å². The lowest BCUT2D eigenvalue weighted by atomic mass is 10.1. The summed E-state index contributed by atoms with van der Waals surface area (Å²) in [5, 5.41) is 7.09. The Kier molecular flexibility index (Phi) is 5.77. The molecule has 1 N–H and O–H groups in total. The van der Waals surface area contributed by atoms with Crippen LogP contribution in [0.4, 0.5) is 0 Å². The van der Waals surface area contributed by atoms with Gasteiger partial charge >= 0.3 is 0 Å². The maximum atomic E-state index is 12.3. The molecule has 1 aromatic heterocycles. The zero-order chi connectivity index (χ0) is 17.7. The van der Waals surface area contributed by atoms with Gasteiger partial charge in [-0.3, -0.25) is 9.48 Å². The van der Waals surface area contributed by atoms with Gasteiger partial charge in [-0.1, -0.05) is 30.3 Å². The van der Waals surface area contributed by atoms with Crippen LogP contribution in [0.1, 0.15) is 29.3 Å². The molecule has 1 aromatic carbocycles. The second-order valence-electron chi connectivity index (χ2n) is 6.04. The molecular formula is C17H23N3O3S. The molecule has 1 unspecified atom stereocenters. The normalized spacial score (nSPS) is 12.8. The lowest BCUT2D eigenvalue weighted by Crippen LogP contribution is -2.33. The van der Waals surface area contributed by atoms with E-state index >= 15 is 0 Å². The number of rotatable bonds is 7. The van der Waals surface area contributed by atoms with E-state index in [9.17, 15) is 13.2 Å². The molecule has 0 aliphatic heterocycles. The molecule has 2 aromatic rings. The van der Waals surface area contributed by atoms with Crippen molar-refractivity contribution in [2.45, 2.75) is 25.8 Å². The van der Waals surface area contributed by atoms with Gasteiger partial charge in [-0.15, -0.1) is 0 Å². The van der Waals surface area contributed by atoms with Crippen molar-refractivity contribution >= 4 is 15.7 Å². The van der Waals surface area contributed by atoms with E-state index in [1.165, 1.54) is 6.26 Å². The van der Waals surface area contributed by atoms with Crippen LogP contribution in [-0.2, 0) is 28.1 Å². The van der Waals surface area contributed by atoms with Crippen molar-refractivity contribution in [3.05, 3.63) is 53.3 Å². The molecule has 0 radical (unpaired) electrons. The highest BCUT2D eigenvalue weighted by Crippen LogP contribution is 2.15. The Labute approximate surface area is 142 Å². The maximum Gasteiger partial charge on any atom is 0.220 e. The van der Waals surface area contributed by atoms with Crippen LogP contribution in [0.15, 0.2) is 36.5 Å². The lowest BCUT2D eigenvalue weighted by Gasteiger charge is -2.18. The zero-order valence-corrected chi connectivity index (χ0v) is 15.0. The second kappa shape index (κ2) is 7.61. The third-order valence-electron chi connectivity index (χ3n) is 3.74. The SMILES string of the molecule is Cc1nn(C)cc1CCC(=O)NC(CS(C)(=O)=O)c1ccccc1. The summed E-state index contributed by atoms with van der Waals surface area (Å²) in [5.41, 5.74) is 2.71. The quantitative estimate of drug-likeness (QED) is 0.822. The van der Waals surface area contributed by atoms with Crippen molar-refractivity contribution < 1.29 is 13.2 Å². The van der Waals surface area contributed by atoms with Gasteiger partial charge in [-0.2, -0.15) is 5.10 Å². The molecular weight excluding hydrogens is 326 g/mol. The highest BCUT2D eigenvalue weighted by molar-refractivity contribution is 7.90. The number of nitrogens with one attached hydrogen (secondary N) is 1. The van der Waals surface area contributed by atoms with E-state index < -0.39 is 15.9 Å². The fourth-order valence-electron chi connectivity index (χ4n) is 2.62. The van der Waals surface area contributed by atoms with E-state index in [1.54, 1.807) is 4.68 Å². The molecule has 1 heterocycles. The van der Waals surface area contributed by atoms with Crippen molar-refractivity contribution in [3.8, 4) is 0 Å². The van der Waals surface area contributed by atoms with E-state index in [-0.39, 0.29) is 11.7 Å². The van der Waals surface area contributed by atoms with Crippen LogP contribution in [-0.4, -0.2) is 36.1 Å². The Morgan fingerprint density at radius 3 is 2.50 bits per heavy atom. The molecule has 0 bridgehead atoms. The largest absolute Gasteiger partial charge is 0.348 e. The van der Waals surface area contributed by atoms with E-state index in [2.05, 4.69) is 10.4 Å². The first-order valence-corrected chi connectivity index (χ1v) is 9.82. The summed E-state index contributed by atoms with van der Waals surface area (Å²) in [4.78, 5) is 12.3. The third kappa shape index (κ3) is 5.49. The number of hydrogen-bond donors (Lipinski definition) is 1. The molecule has 24 heavy (non-hydrogen) atoms. The van der Waals surface area contributed by atoms with Gasteiger partial charge in [0.15, 0.2) is 0 Å². The number of nitrogens with zero attached hydrogens (tertiary/aromatic N) is 2. The van der Waals surface area contributed by atoms with E-state index in [1.807, 2.05) is 50.5 Å². The van der Waals surface area contributed by atoms with Crippen LogP contribution in [0, 0.1) is 6.92 Å². The van der Waals surface area contributed by atoms with Crippen molar-refractivity contribution in [3.63, 3.8) is 0 Å². The Bertz CT molecular complexity index is 798. The topological polar surface area (TPSA) is 81.1 Å². The summed E-state index contributed by atoms with van der Waals surface area (Å²) in [6.07, 6.45) is 3.94. The second-order valence-corrected chi connectivity index (χ2v) is 8.22. The molecule has 0 spiro atoms. The highest BCUT2D eigenvalue weighted by atomic mass is 32.2. The van der Waals surface area contributed by atoms with Gasteiger partial charge in [-0.05, 0) is 24.5 Å². The molecule has 1 amide bonds. The van der Waals surface area contributed by atoms with Gasteiger partial charge in [0.05, 0.1) is 17.5 Å². The Balaban J connectivity index is 2.03. The van der Waals surface area contributed by atoms with Gasteiger partial charge in [-0.25, -0.2) is 8.42 Å². The summed E-state index contributed by atoms with van der Waals surface area (Å²) >= 11 is 0. The number of carbonyl (C=O) groups is 1. The van der Waals surface area contributed by atoms with Crippen LogP contribution in [0.25, 0.3) is 0 Å². The van der Waals surface area contributed by atoms with Gasteiger partial charge in [0.2, 0.25) is 5.91 Å². The first kappa shape index (κ1) is 18.2. The predicted molar refractivity (Wildman–Crippen MR) is 93.3 cm³/mol. The molecule has 0 fully saturated rings. The van der Waals surface area contributed by atoms with Crippen LogP contribution >= 0.6 is 0 Å². The average Bonchev–Trinajstić information content (AvgIpc) is 2.82. The number of aromatic nitrogens is 2. The Hall–Kier alpha value is -2.15. The summed E-state index contributed by atoms with van der Waals surface area (Å²) < 4.78 is 25.0. The minimum atomic E-state index is -3.22. The molecule has 0 aliphatic rings. The van der Waals surface area contributed by atoms with Crippen molar-refractivity contribution in [2.24, 2.45) is 7.05 Å². The number of carbonyl (C=O) groups excluding carboxylic acids is 1. The molecule has 0 aliphatic carbocycles. The number of sulfone groups is 1. The van der Waals surface area contributed by atoms with Crippen molar-refractivity contribution in [2.75, 3.05) is 12.0 Å². The van der Waals surface area contributed by atoms with E-state index in [4.69, 9.17) is 0 Å². The van der Waals surface area contributed by atoms with Crippen molar-refractivity contribution in [1.82, 2.24) is 15.1 Å². The molecule has 2 rings (SSSR count). The van der Waals surface area contributed by atoms with Crippen LogP contribution in [0.2, 0.25) is 0 Å². The van der Waals surface area contributed by atoms with Gasteiger partial charge in [0.25, 0.3) is 0 Å². The number of benzene rings is 1. The Morgan fingerprint density at radius 2 is 1.96 bits per heavy atom. The van der Waals surface area contributed by atoms with Crippen LogP contribution < -0.4 is 5.32 Å². The molecule has 130 valence electrons. The minimum Gasteiger partial charge on any atom is -0.348 e. The van der Waals surface area contributed by atoms with Crippen LogP contribution in [0.5, 0.6) is 0 Å². The van der Waals surface area contributed by atoms with Crippen molar-refractivity contribution in [1.29, 1.82) is 0 Å². The standard InChI is InChI=1S/C17H23N3O3S/c1-13-15(11-20(2)19-13)9-10-17(21)18-16(12-24(3,22)23)14-7-5-4-6-8-14/h4-8,11,16H,9-10,12H2,1-3H3,(H,18,21). The zero-order valence-electron chi connectivity index (χ0n) is 14.2. The first-order chi connectivity index (χ1) is 11.2. The summed E-state index contributed by atoms with van der Waals surface area (Å²) in [6.45, 7) is 1.91.